The molecule has 4 nitrogen and oxygen atoms in total. The van der Waals surface area contributed by atoms with Gasteiger partial charge in [0.15, 0.2) is 0 Å². The van der Waals surface area contributed by atoms with E-state index in [-0.39, 0.29) is 12.0 Å². The third-order valence-corrected chi connectivity index (χ3v) is 3.56. The average Bonchev–Trinajstić information content (AvgIpc) is 2.75. The zero-order valence-corrected chi connectivity index (χ0v) is 11.8. The quantitative estimate of drug-likeness (QED) is 0.855. The zero-order valence-electron chi connectivity index (χ0n) is 11.8. The summed E-state index contributed by atoms with van der Waals surface area (Å²) in [6.07, 6.45) is 0.443. The predicted octanol–water partition coefficient (Wildman–Crippen LogP) is 2.04. The van der Waals surface area contributed by atoms with Gasteiger partial charge in [-0.25, -0.2) is 0 Å². The maximum Gasteiger partial charge on any atom is 0.125 e. The van der Waals surface area contributed by atoms with Crippen LogP contribution in [0.5, 0.6) is 11.5 Å². The number of ether oxygens (including phenoxy) is 2. The summed E-state index contributed by atoms with van der Waals surface area (Å²) in [6.45, 7) is 6.91. The van der Waals surface area contributed by atoms with Gasteiger partial charge in [-0.3, -0.25) is 0 Å². The van der Waals surface area contributed by atoms with E-state index in [9.17, 15) is 5.11 Å². The predicted molar refractivity (Wildman–Crippen MR) is 74.6 cm³/mol. The highest BCUT2D eigenvalue weighted by Crippen LogP contribution is 2.39. The molecule has 1 aliphatic heterocycles. The van der Waals surface area contributed by atoms with Gasteiger partial charge in [-0.2, -0.15) is 0 Å². The Hall–Kier alpha value is -1.26. The molecule has 1 heterocycles. The minimum absolute atomic E-state index is 0.0175. The Morgan fingerprint density at radius 3 is 2.89 bits per heavy atom. The lowest BCUT2D eigenvalue weighted by Gasteiger charge is -2.21. The Bertz CT molecular complexity index is 447. The van der Waals surface area contributed by atoms with Gasteiger partial charge in [-0.1, -0.05) is 6.92 Å². The molecular weight excluding hydrogens is 242 g/mol. The summed E-state index contributed by atoms with van der Waals surface area (Å²) in [7, 11) is 0. The van der Waals surface area contributed by atoms with Gasteiger partial charge in [0.05, 0.1) is 12.7 Å². The summed E-state index contributed by atoms with van der Waals surface area (Å²) < 4.78 is 11.4. The number of fused-ring (bicyclic) bond motifs is 1. The molecule has 106 valence electrons. The van der Waals surface area contributed by atoms with E-state index in [1.54, 1.807) is 0 Å². The summed E-state index contributed by atoms with van der Waals surface area (Å²) in [6, 6.07) is 3.89. The Balaban J connectivity index is 2.38. The van der Waals surface area contributed by atoms with Gasteiger partial charge in [0.2, 0.25) is 0 Å². The van der Waals surface area contributed by atoms with Crippen LogP contribution in [-0.2, 0) is 6.42 Å². The van der Waals surface area contributed by atoms with Crippen LogP contribution in [0, 0.1) is 5.92 Å². The SMILES string of the molecule is CCOc1cc2c(cc1C(O)C(C)CN)OC(C)C2. The number of hydrogen-bond donors (Lipinski definition) is 2. The van der Waals surface area contributed by atoms with E-state index < -0.39 is 6.10 Å². The molecule has 0 aliphatic carbocycles. The first-order valence-corrected chi connectivity index (χ1v) is 6.91. The van der Waals surface area contributed by atoms with Crippen molar-refractivity contribution in [2.24, 2.45) is 11.7 Å². The third kappa shape index (κ3) is 2.85. The molecule has 0 saturated heterocycles. The van der Waals surface area contributed by atoms with Gasteiger partial charge < -0.3 is 20.3 Å². The summed E-state index contributed by atoms with van der Waals surface area (Å²) in [5.41, 5.74) is 7.55. The normalized spacial score (nSPS) is 20.6. The van der Waals surface area contributed by atoms with Crippen molar-refractivity contribution in [3.8, 4) is 11.5 Å². The first-order valence-electron chi connectivity index (χ1n) is 6.91. The van der Waals surface area contributed by atoms with Crippen LogP contribution in [0.2, 0.25) is 0 Å². The Labute approximate surface area is 114 Å². The largest absolute Gasteiger partial charge is 0.493 e. The van der Waals surface area contributed by atoms with Gasteiger partial charge in [-0.15, -0.1) is 0 Å². The maximum absolute atomic E-state index is 10.4. The van der Waals surface area contributed by atoms with Crippen molar-refractivity contribution in [2.45, 2.75) is 39.4 Å². The van der Waals surface area contributed by atoms with Crippen molar-refractivity contribution < 1.29 is 14.6 Å². The highest BCUT2D eigenvalue weighted by Gasteiger charge is 2.26. The minimum Gasteiger partial charge on any atom is -0.493 e. The van der Waals surface area contributed by atoms with Crippen molar-refractivity contribution in [3.05, 3.63) is 23.3 Å². The molecule has 0 bridgehead atoms. The first-order chi connectivity index (χ1) is 9.06. The van der Waals surface area contributed by atoms with E-state index in [1.807, 2.05) is 32.9 Å². The molecular formula is C15H23NO3. The molecule has 1 aromatic rings. The lowest BCUT2D eigenvalue weighted by Crippen LogP contribution is -2.19. The minimum atomic E-state index is -0.628. The van der Waals surface area contributed by atoms with Gasteiger partial charge >= 0.3 is 0 Å². The molecule has 3 N–H and O–H groups in total. The smallest absolute Gasteiger partial charge is 0.125 e. The van der Waals surface area contributed by atoms with Crippen LogP contribution in [0.4, 0.5) is 0 Å². The summed E-state index contributed by atoms with van der Waals surface area (Å²) >= 11 is 0. The molecule has 1 aromatic carbocycles. The Morgan fingerprint density at radius 1 is 1.53 bits per heavy atom. The molecule has 0 aromatic heterocycles. The van der Waals surface area contributed by atoms with Crippen LogP contribution in [0.3, 0.4) is 0 Å². The summed E-state index contributed by atoms with van der Waals surface area (Å²) in [5, 5.41) is 10.4. The van der Waals surface area contributed by atoms with E-state index >= 15 is 0 Å². The second kappa shape index (κ2) is 5.80. The zero-order chi connectivity index (χ0) is 14.0. The molecule has 0 radical (unpaired) electrons. The third-order valence-electron chi connectivity index (χ3n) is 3.56. The summed E-state index contributed by atoms with van der Waals surface area (Å²) in [4.78, 5) is 0. The number of aliphatic hydroxyl groups is 1. The van der Waals surface area contributed by atoms with E-state index in [0.717, 1.165) is 29.0 Å². The molecule has 3 unspecified atom stereocenters. The van der Waals surface area contributed by atoms with E-state index in [0.29, 0.717) is 13.2 Å². The van der Waals surface area contributed by atoms with E-state index in [2.05, 4.69) is 0 Å². The fourth-order valence-electron chi connectivity index (χ4n) is 2.40. The van der Waals surface area contributed by atoms with Gasteiger partial charge in [-0.05, 0) is 38.4 Å². The average molecular weight is 265 g/mol. The molecule has 0 fully saturated rings. The van der Waals surface area contributed by atoms with E-state index in [4.69, 9.17) is 15.2 Å². The van der Waals surface area contributed by atoms with Crippen molar-refractivity contribution in [1.82, 2.24) is 0 Å². The molecule has 4 heteroatoms. The number of rotatable bonds is 5. The topological polar surface area (TPSA) is 64.7 Å². The first kappa shape index (κ1) is 14.2. The van der Waals surface area contributed by atoms with Crippen LogP contribution in [0.1, 0.15) is 38.0 Å². The lowest BCUT2D eigenvalue weighted by molar-refractivity contribution is 0.117. The fraction of sp³-hybridized carbons (Fsp3) is 0.600. The van der Waals surface area contributed by atoms with Gasteiger partial charge in [0.1, 0.15) is 17.6 Å². The molecule has 19 heavy (non-hydrogen) atoms. The second-order valence-electron chi connectivity index (χ2n) is 5.22. The van der Waals surface area contributed by atoms with Crippen LogP contribution < -0.4 is 15.2 Å². The standard InChI is InChI=1S/C15H23NO3/c1-4-18-14-6-11-5-10(3)19-13(11)7-12(14)15(17)9(2)8-16/h6-7,9-10,15,17H,4-5,8,16H2,1-3H3. The highest BCUT2D eigenvalue weighted by atomic mass is 16.5. The number of hydrogen-bond acceptors (Lipinski definition) is 4. The Kier molecular flexibility index (Phi) is 4.32. The van der Waals surface area contributed by atoms with Crippen molar-refractivity contribution in [1.29, 1.82) is 0 Å². The lowest BCUT2D eigenvalue weighted by atomic mass is 9.95. The van der Waals surface area contributed by atoms with Crippen molar-refractivity contribution in [3.63, 3.8) is 0 Å². The highest BCUT2D eigenvalue weighted by molar-refractivity contribution is 5.49. The maximum atomic E-state index is 10.4. The molecule has 0 saturated carbocycles. The molecule has 0 amide bonds. The van der Waals surface area contributed by atoms with Gasteiger partial charge in [0, 0.05) is 17.5 Å². The number of benzene rings is 1. The number of nitrogens with two attached hydrogens (primary N) is 1. The van der Waals surface area contributed by atoms with Crippen LogP contribution >= 0.6 is 0 Å². The van der Waals surface area contributed by atoms with Gasteiger partial charge in [0.25, 0.3) is 0 Å². The molecule has 0 spiro atoms. The second-order valence-corrected chi connectivity index (χ2v) is 5.22. The van der Waals surface area contributed by atoms with Crippen LogP contribution in [0.25, 0.3) is 0 Å². The molecule has 3 atom stereocenters. The molecule has 2 rings (SSSR count). The summed E-state index contributed by atoms with van der Waals surface area (Å²) in [5.74, 6) is 1.58. The van der Waals surface area contributed by atoms with Crippen LogP contribution in [0.15, 0.2) is 12.1 Å². The Morgan fingerprint density at radius 2 is 2.26 bits per heavy atom. The van der Waals surface area contributed by atoms with Crippen molar-refractivity contribution in [2.75, 3.05) is 13.2 Å². The fourth-order valence-corrected chi connectivity index (χ4v) is 2.40. The molecule has 1 aliphatic rings. The number of aliphatic hydroxyl groups excluding tert-OH is 1. The van der Waals surface area contributed by atoms with E-state index in [1.165, 1.54) is 0 Å². The van der Waals surface area contributed by atoms with Crippen molar-refractivity contribution >= 4 is 0 Å². The van der Waals surface area contributed by atoms with Crippen LogP contribution in [-0.4, -0.2) is 24.4 Å². The monoisotopic (exact) mass is 265 g/mol.